The standard InChI is InChI=1S/C66H44N8/c1-3-17-55-45(13-1)15-11-21-61(55)73(51-33-25-47(26-34-51)59-43-71-41-9-7-23-63(71)67-59)53-37-29-49(30-38-53)65-66(70-58-20-6-5-19-57(58)69-65)50-31-39-54(40-32-50)74(62-22-12-16-46-14-2-4-18-56(46)62)52-35-27-48(28-36-52)60-44-72-42-10-8-24-64(72)68-60/h1-44H. The molecule has 14 rings (SSSR count). The molecule has 5 aromatic heterocycles. The smallest absolute Gasteiger partial charge is 0.137 e. The van der Waals surface area contributed by atoms with Crippen molar-refractivity contribution in [3.8, 4) is 45.0 Å². The number of anilines is 6. The second-order valence-corrected chi connectivity index (χ2v) is 18.4. The molecule has 0 bridgehead atoms. The van der Waals surface area contributed by atoms with E-state index in [9.17, 15) is 0 Å². The third-order valence-electron chi connectivity index (χ3n) is 14.0. The van der Waals surface area contributed by atoms with Crippen LogP contribution in [0.25, 0.3) is 88.9 Å². The lowest BCUT2D eigenvalue weighted by Crippen LogP contribution is -2.10. The van der Waals surface area contributed by atoms with Crippen molar-refractivity contribution in [2.45, 2.75) is 0 Å². The van der Waals surface area contributed by atoms with Crippen LogP contribution in [0.4, 0.5) is 34.1 Å². The Morgan fingerprint density at radius 3 is 1.04 bits per heavy atom. The summed E-state index contributed by atoms with van der Waals surface area (Å²) in [4.78, 5) is 25.1. The zero-order valence-electron chi connectivity index (χ0n) is 40.0. The number of hydrogen-bond acceptors (Lipinski definition) is 6. The molecule has 9 aromatic carbocycles. The predicted molar refractivity (Wildman–Crippen MR) is 303 cm³/mol. The molecule has 0 saturated carbocycles. The monoisotopic (exact) mass is 948 g/mol. The SMILES string of the molecule is c1ccc2c(N(c3ccc(-c4cn5ccccc5n4)cc3)c3ccc(-c4nc5ccccc5nc4-c4ccc(N(c5ccc(-c6cn7ccccc7n6)cc5)c5cccc6ccccc56)cc4)cc3)cccc2c1. The van der Waals surface area contributed by atoms with Crippen molar-refractivity contribution in [3.05, 3.63) is 267 Å². The minimum atomic E-state index is 0.810. The number of rotatable bonds is 10. The maximum atomic E-state index is 5.34. The summed E-state index contributed by atoms with van der Waals surface area (Å²) in [5.41, 5.74) is 17.3. The first-order chi connectivity index (χ1) is 36.6. The molecule has 0 spiro atoms. The number of fused-ring (bicyclic) bond motifs is 5. The number of pyridine rings is 2. The average Bonchev–Trinajstić information content (AvgIpc) is 4.13. The molecule has 74 heavy (non-hydrogen) atoms. The molecule has 0 radical (unpaired) electrons. The molecule has 0 aliphatic heterocycles. The Bertz CT molecular complexity index is 4010. The second kappa shape index (κ2) is 17.9. The summed E-state index contributed by atoms with van der Waals surface area (Å²) in [5.74, 6) is 0. The van der Waals surface area contributed by atoms with E-state index in [0.717, 1.165) is 112 Å². The summed E-state index contributed by atoms with van der Waals surface area (Å²) >= 11 is 0. The summed E-state index contributed by atoms with van der Waals surface area (Å²) in [6.07, 6.45) is 8.22. The summed E-state index contributed by atoms with van der Waals surface area (Å²) < 4.78 is 4.11. The minimum Gasteiger partial charge on any atom is -0.310 e. The van der Waals surface area contributed by atoms with E-state index in [4.69, 9.17) is 19.9 Å². The lowest BCUT2D eigenvalue weighted by molar-refractivity contribution is 1.19. The molecule has 0 fully saturated rings. The summed E-state index contributed by atoms with van der Waals surface area (Å²) in [5, 5.41) is 4.67. The van der Waals surface area contributed by atoms with Gasteiger partial charge in [-0.15, -0.1) is 0 Å². The first-order valence-corrected chi connectivity index (χ1v) is 24.8. The Labute approximate surface area is 427 Å². The van der Waals surface area contributed by atoms with E-state index in [-0.39, 0.29) is 0 Å². The van der Waals surface area contributed by atoms with Gasteiger partial charge in [0.1, 0.15) is 11.3 Å². The number of imidazole rings is 2. The molecule has 0 aliphatic rings. The van der Waals surface area contributed by atoms with Crippen LogP contribution in [0.2, 0.25) is 0 Å². The average molecular weight is 949 g/mol. The third-order valence-corrected chi connectivity index (χ3v) is 14.0. The van der Waals surface area contributed by atoms with Crippen LogP contribution in [-0.2, 0) is 0 Å². The van der Waals surface area contributed by atoms with Gasteiger partial charge in [0.25, 0.3) is 0 Å². The Balaban J connectivity index is 0.844. The molecule has 348 valence electrons. The molecule has 0 atom stereocenters. The van der Waals surface area contributed by atoms with E-state index >= 15 is 0 Å². The molecule has 0 amide bonds. The van der Waals surface area contributed by atoms with Crippen molar-refractivity contribution in [1.29, 1.82) is 0 Å². The van der Waals surface area contributed by atoms with Gasteiger partial charge in [0.05, 0.1) is 45.2 Å². The van der Waals surface area contributed by atoms with Gasteiger partial charge in [-0.05, 0) is 108 Å². The molecular weight excluding hydrogens is 905 g/mol. The van der Waals surface area contributed by atoms with Gasteiger partial charge < -0.3 is 18.6 Å². The fourth-order valence-corrected chi connectivity index (χ4v) is 10.3. The van der Waals surface area contributed by atoms with Crippen LogP contribution in [0.15, 0.2) is 267 Å². The fraction of sp³-hybridized carbons (Fsp3) is 0. The van der Waals surface area contributed by atoms with E-state index in [1.165, 1.54) is 10.8 Å². The van der Waals surface area contributed by atoms with Crippen LogP contribution in [0.5, 0.6) is 0 Å². The predicted octanol–water partition coefficient (Wildman–Crippen LogP) is 16.8. The maximum absolute atomic E-state index is 5.34. The third kappa shape index (κ3) is 7.66. The minimum absolute atomic E-state index is 0.810. The van der Waals surface area contributed by atoms with Crippen molar-refractivity contribution in [2.75, 3.05) is 9.80 Å². The molecule has 8 nitrogen and oxygen atoms in total. The van der Waals surface area contributed by atoms with Crippen LogP contribution < -0.4 is 9.80 Å². The Kier molecular flexibility index (Phi) is 10.3. The Morgan fingerprint density at radius 2 is 0.635 bits per heavy atom. The van der Waals surface area contributed by atoms with Crippen LogP contribution in [0.1, 0.15) is 0 Å². The topological polar surface area (TPSA) is 66.9 Å². The molecule has 0 N–H and O–H groups in total. The van der Waals surface area contributed by atoms with Crippen LogP contribution in [-0.4, -0.2) is 28.7 Å². The van der Waals surface area contributed by atoms with Gasteiger partial charge in [0.15, 0.2) is 0 Å². The lowest BCUT2D eigenvalue weighted by atomic mass is 10.0. The number of para-hydroxylation sites is 2. The van der Waals surface area contributed by atoms with E-state index in [0.29, 0.717) is 0 Å². The maximum Gasteiger partial charge on any atom is 0.137 e. The van der Waals surface area contributed by atoms with Crippen molar-refractivity contribution >= 4 is 78.0 Å². The van der Waals surface area contributed by atoms with Gasteiger partial charge >= 0.3 is 0 Å². The zero-order chi connectivity index (χ0) is 49.0. The van der Waals surface area contributed by atoms with Crippen LogP contribution in [0.3, 0.4) is 0 Å². The Morgan fingerprint density at radius 1 is 0.284 bits per heavy atom. The van der Waals surface area contributed by atoms with Crippen molar-refractivity contribution in [1.82, 2.24) is 28.7 Å². The fourth-order valence-electron chi connectivity index (χ4n) is 10.3. The quantitative estimate of drug-likeness (QED) is 0.136. The lowest BCUT2D eigenvalue weighted by Gasteiger charge is -2.27. The van der Waals surface area contributed by atoms with Crippen molar-refractivity contribution in [2.24, 2.45) is 0 Å². The van der Waals surface area contributed by atoms with E-state index in [1.54, 1.807) is 0 Å². The van der Waals surface area contributed by atoms with E-state index in [1.807, 2.05) is 73.1 Å². The molecule has 0 unspecified atom stereocenters. The highest BCUT2D eigenvalue weighted by molar-refractivity contribution is 6.01. The highest BCUT2D eigenvalue weighted by atomic mass is 15.1. The molecule has 0 saturated heterocycles. The number of hydrogen-bond donors (Lipinski definition) is 0. The molecule has 0 aliphatic carbocycles. The van der Waals surface area contributed by atoms with Crippen LogP contribution in [0, 0.1) is 0 Å². The van der Waals surface area contributed by atoms with Crippen molar-refractivity contribution in [3.63, 3.8) is 0 Å². The zero-order valence-corrected chi connectivity index (χ0v) is 40.0. The van der Waals surface area contributed by atoms with Gasteiger partial charge in [0, 0.05) is 80.6 Å². The summed E-state index contributed by atoms with van der Waals surface area (Å²) in [6.45, 7) is 0. The summed E-state index contributed by atoms with van der Waals surface area (Å²) in [7, 11) is 0. The highest BCUT2D eigenvalue weighted by Crippen LogP contribution is 2.43. The van der Waals surface area contributed by atoms with Gasteiger partial charge in [0.2, 0.25) is 0 Å². The second-order valence-electron chi connectivity index (χ2n) is 18.4. The number of aromatic nitrogens is 6. The molecule has 14 aromatic rings. The normalized spacial score (nSPS) is 11.5. The number of benzene rings is 9. The first-order valence-electron chi connectivity index (χ1n) is 24.8. The molecular formula is C66H44N8. The van der Waals surface area contributed by atoms with Gasteiger partial charge in [-0.25, -0.2) is 19.9 Å². The first kappa shape index (κ1) is 42.7. The Hall–Kier alpha value is -10.2. The van der Waals surface area contributed by atoms with Gasteiger partial charge in [-0.1, -0.05) is 146 Å². The highest BCUT2D eigenvalue weighted by Gasteiger charge is 2.21. The van der Waals surface area contributed by atoms with Gasteiger partial charge in [-0.3, -0.25) is 0 Å². The molecule has 5 heterocycles. The van der Waals surface area contributed by atoms with Crippen LogP contribution >= 0.6 is 0 Å². The van der Waals surface area contributed by atoms with E-state index in [2.05, 4.69) is 213 Å². The van der Waals surface area contributed by atoms with Gasteiger partial charge in [-0.2, -0.15) is 0 Å². The number of nitrogens with zero attached hydrogens (tertiary/aromatic N) is 8. The largest absolute Gasteiger partial charge is 0.310 e. The van der Waals surface area contributed by atoms with E-state index < -0.39 is 0 Å². The summed E-state index contributed by atoms with van der Waals surface area (Å²) in [6, 6.07) is 85.2. The van der Waals surface area contributed by atoms with Crippen molar-refractivity contribution < 1.29 is 0 Å². The molecule has 8 heteroatoms.